The SMILES string of the molecule is CCOC(=O)C1CCCN(C(=NC)NCc2nc(C)c(C)s2)C1.I. The maximum atomic E-state index is 12.0. The molecule has 1 atom stereocenters. The van der Waals surface area contributed by atoms with E-state index in [1.54, 1.807) is 18.4 Å². The van der Waals surface area contributed by atoms with Crippen molar-refractivity contribution in [1.82, 2.24) is 15.2 Å². The number of likely N-dealkylation sites (tertiary alicyclic amines) is 1. The van der Waals surface area contributed by atoms with Gasteiger partial charge < -0.3 is 15.0 Å². The first-order valence-corrected chi connectivity index (χ1v) is 8.92. The molecule has 1 unspecified atom stereocenters. The highest BCUT2D eigenvalue weighted by Crippen LogP contribution is 2.19. The summed E-state index contributed by atoms with van der Waals surface area (Å²) in [6.45, 7) is 8.62. The Balaban J connectivity index is 0.00000288. The Kier molecular flexibility index (Phi) is 8.96. The van der Waals surface area contributed by atoms with Gasteiger partial charge in [-0.15, -0.1) is 35.3 Å². The Morgan fingerprint density at radius 1 is 1.50 bits per heavy atom. The molecule has 0 aliphatic carbocycles. The molecule has 0 bridgehead atoms. The van der Waals surface area contributed by atoms with Crippen LogP contribution in [-0.4, -0.2) is 48.6 Å². The quantitative estimate of drug-likeness (QED) is 0.320. The molecule has 2 rings (SSSR count). The number of aliphatic imine (C=N–C) groups is 1. The summed E-state index contributed by atoms with van der Waals surface area (Å²) in [5, 5.41) is 4.41. The number of piperidine rings is 1. The van der Waals surface area contributed by atoms with E-state index in [1.165, 1.54) is 4.88 Å². The Morgan fingerprint density at radius 3 is 2.83 bits per heavy atom. The lowest BCUT2D eigenvalue weighted by molar-refractivity contribution is -0.149. The summed E-state index contributed by atoms with van der Waals surface area (Å²) >= 11 is 1.70. The van der Waals surface area contributed by atoms with Gasteiger partial charge in [0.25, 0.3) is 0 Å². The molecule has 24 heavy (non-hydrogen) atoms. The van der Waals surface area contributed by atoms with Crippen LogP contribution in [0.25, 0.3) is 0 Å². The third-order valence-corrected chi connectivity index (χ3v) is 5.10. The molecule has 1 aromatic heterocycles. The highest BCUT2D eigenvalue weighted by molar-refractivity contribution is 14.0. The van der Waals surface area contributed by atoms with Crippen LogP contribution in [0.4, 0.5) is 0 Å². The summed E-state index contributed by atoms with van der Waals surface area (Å²) in [5.41, 5.74) is 1.09. The Morgan fingerprint density at radius 2 is 2.25 bits per heavy atom. The minimum absolute atomic E-state index is 0. The van der Waals surface area contributed by atoms with Crippen LogP contribution < -0.4 is 5.32 Å². The number of rotatable bonds is 4. The molecule has 1 aliphatic rings. The number of aryl methyl sites for hydroxylation is 2. The van der Waals surface area contributed by atoms with Crippen LogP contribution in [0.3, 0.4) is 0 Å². The van der Waals surface area contributed by atoms with E-state index in [9.17, 15) is 4.79 Å². The van der Waals surface area contributed by atoms with Gasteiger partial charge in [-0.2, -0.15) is 0 Å². The number of carbonyl (C=O) groups is 1. The molecule has 1 aromatic rings. The molecule has 0 amide bonds. The normalized spacial score (nSPS) is 18.1. The van der Waals surface area contributed by atoms with E-state index < -0.39 is 0 Å². The van der Waals surface area contributed by atoms with Gasteiger partial charge in [0.15, 0.2) is 5.96 Å². The molecule has 2 heterocycles. The lowest BCUT2D eigenvalue weighted by Gasteiger charge is -2.33. The fraction of sp³-hybridized carbons (Fsp3) is 0.688. The molecule has 6 nitrogen and oxygen atoms in total. The van der Waals surface area contributed by atoms with Gasteiger partial charge in [0.2, 0.25) is 0 Å². The molecule has 0 spiro atoms. The van der Waals surface area contributed by atoms with Crippen molar-refractivity contribution in [2.75, 3.05) is 26.7 Å². The third-order valence-electron chi connectivity index (χ3n) is 4.02. The van der Waals surface area contributed by atoms with Gasteiger partial charge in [-0.1, -0.05) is 0 Å². The van der Waals surface area contributed by atoms with Crippen molar-refractivity contribution < 1.29 is 9.53 Å². The first-order chi connectivity index (χ1) is 11.0. The average molecular weight is 466 g/mol. The molecule has 1 saturated heterocycles. The summed E-state index contributed by atoms with van der Waals surface area (Å²) in [4.78, 5) is 24.2. The number of nitrogens with one attached hydrogen (secondary N) is 1. The first-order valence-electron chi connectivity index (χ1n) is 8.10. The highest BCUT2D eigenvalue weighted by Gasteiger charge is 2.28. The standard InChI is InChI=1S/C16H26N4O2S.HI/c1-5-22-15(21)13-7-6-8-20(10-13)16(17-4)18-9-14-19-11(2)12(3)23-14;/h13H,5-10H2,1-4H3,(H,17,18);1H. The van der Waals surface area contributed by atoms with Gasteiger partial charge in [-0.25, -0.2) is 4.98 Å². The maximum absolute atomic E-state index is 12.0. The van der Waals surface area contributed by atoms with Crippen LogP contribution >= 0.6 is 35.3 Å². The van der Waals surface area contributed by atoms with Gasteiger partial charge in [-0.3, -0.25) is 9.79 Å². The summed E-state index contributed by atoms with van der Waals surface area (Å²) in [5.74, 6) is 0.662. The molecule has 1 fully saturated rings. The maximum Gasteiger partial charge on any atom is 0.310 e. The number of halogens is 1. The topological polar surface area (TPSA) is 66.8 Å². The predicted molar refractivity (Wildman–Crippen MR) is 108 cm³/mol. The summed E-state index contributed by atoms with van der Waals surface area (Å²) in [6, 6.07) is 0. The van der Waals surface area contributed by atoms with Gasteiger partial charge in [0.1, 0.15) is 5.01 Å². The Labute approximate surface area is 165 Å². The van der Waals surface area contributed by atoms with E-state index in [4.69, 9.17) is 4.74 Å². The van der Waals surface area contributed by atoms with E-state index in [-0.39, 0.29) is 35.9 Å². The van der Waals surface area contributed by atoms with Crippen molar-refractivity contribution in [1.29, 1.82) is 0 Å². The van der Waals surface area contributed by atoms with Crippen molar-refractivity contribution in [3.63, 3.8) is 0 Å². The number of esters is 1. The molecule has 1 N–H and O–H groups in total. The number of ether oxygens (including phenoxy) is 1. The number of hydrogen-bond acceptors (Lipinski definition) is 5. The van der Waals surface area contributed by atoms with E-state index >= 15 is 0 Å². The lowest BCUT2D eigenvalue weighted by Crippen LogP contribution is -2.48. The predicted octanol–water partition coefficient (Wildman–Crippen LogP) is 2.73. The molecule has 8 heteroatoms. The molecular weight excluding hydrogens is 439 g/mol. The molecule has 136 valence electrons. The molecule has 0 radical (unpaired) electrons. The smallest absolute Gasteiger partial charge is 0.310 e. The van der Waals surface area contributed by atoms with E-state index in [1.807, 2.05) is 13.8 Å². The van der Waals surface area contributed by atoms with Gasteiger partial charge >= 0.3 is 5.97 Å². The van der Waals surface area contributed by atoms with Crippen molar-refractivity contribution in [2.45, 2.75) is 40.2 Å². The van der Waals surface area contributed by atoms with Crippen molar-refractivity contribution in [2.24, 2.45) is 10.9 Å². The molecule has 1 aliphatic heterocycles. The zero-order valence-electron chi connectivity index (χ0n) is 14.8. The highest BCUT2D eigenvalue weighted by atomic mass is 127. The molecule has 0 aromatic carbocycles. The Hall–Kier alpha value is -0.900. The second-order valence-corrected chi connectivity index (χ2v) is 6.97. The zero-order chi connectivity index (χ0) is 16.8. The minimum Gasteiger partial charge on any atom is -0.466 e. The number of carbonyl (C=O) groups excluding carboxylic acids is 1. The van der Waals surface area contributed by atoms with Gasteiger partial charge in [-0.05, 0) is 33.6 Å². The average Bonchev–Trinajstić information content (AvgIpc) is 2.87. The fourth-order valence-corrected chi connectivity index (χ4v) is 3.60. The summed E-state index contributed by atoms with van der Waals surface area (Å²) in [7, 11) is 1.77. The summed E-state index contributed by atoms with van der Waals surface area (Å²) < 4.78 is 5.15. The van der Waals surface area contributed by atoms with Crippen LogP contribution in [0.1, 0.15) is 35.3 Å². The number of aromatic nitrogens is 1. The van der Waals surface area contributed by atoms with E-state index in [0.29, 0.717) is 19.7 Å². The van der Waals surface area contributed by atoms with Crippen LogP contribution in [0.2, 0.25) is 0 Å². The number of thiazole rings is 1. The summed E-state index contributed by atoms with van der Waals surface area (Å²) in [6.07, 6.45) is 1.86. The van der Waals surface area contributed by atoms with Crippen molar-refractivity contribution in [3.05, 3.63) is 15.6 Å². The number of nitrogens with zero attached hydrogens (tertiary/aromatic N) is 3. The molecular formula is C16H27IN4O2S. The van der Waals surface area contributed by atoms with Crippen LogP contribution in [0.15, 0.2) is 4.99 Å². The fourth-order valence-electron chi connectivity index (χ4n) is 2.72. The van der Waals surface area contributed by atoms with Gasteiger partial charge in [0.05, 0.1) is 24.8 Å². The van der Waals surface area contributed by atoms with E-state index in [2.05, 4.69) is 27.1 Å². The van der Waals surface area contributed by atoms with Crippen molar-refractivity contribution in [3.8, 4) is 0 Å². The monoisotopic (exact) mass is 466 g/mol. The minimum atomic E-state index is -0.0983. The van der Waals surface area contributed by atoms with Crippen LogP contribution in [0.5, 0.6) is 0 Å². The van der Waals surface area contributed by atoms with Crippen molar-refractivity contribution >= 4 is 47.2 Å². The number of hydrogen-bond donors (Lipinski definition) is 1. The Bertz CT molecular complexity index is 557. The van der Waals surface area contributed by atoms with Crippen LogP contribution in [-0.2, 0) is 16.1 Å². The van der Waals surface area contributed by atoms with Crippen LogP contribution in [0, 0.1) is 19.8 Å². The largest absolute Gasteiger partial charge is 0.466 e. The second kappa shape index (κ2) is 10.2. The van der Waals surface area contributed by atoms with E-state index in [0.717, 1.165) is 36.0 Å². The van der Waals surface area contributed by atoms with Gasteiger partial charge in [0, 0.05) is 25.0 Å². The zero-order valence-corrected chi connectivity index (χ0v) is 17.9. The molecule has 0 saturated carbocycles. The third kappa shape index (κ3) is 5.58. The second-order valence-electron chi connectivity index (χ2n) is 5.69. The lowest BCUT2D eigenvalue weighted by atomic mass is 9.98. The number of guanidine groups is 1. The first kappa shape index (κ1) is 21.1.